The van der Waals surface area contributed by atoms with Gasteiger partial charge in [0, 0.05) is 54.1 Å². The van der Waals surface area contributed by atoms with Gasteiger partial charge < -0.3 is 34.7 Å². The monoisotopic (exact) mass is 1260 g/mol. The van der Waals surface area contributed by atoms with Gasteiger partial charge in [0.2, 0.25) is 11.8 Å². The first-order valence-electron chi connectivity index (χ1n) is 27.7. The van der Waals surface area contributed by atoms with Crippen molar-refractivity contribution in [2.24, 2.45) is 20.8 Å². The fourth-order valence-corrected chi connectivity index (χ4v) is 14.1. The van der Waals surface area contributed by atoms with Crippen molar-refractivity contribution in [2.45, 2.75) is 74.4 Å². The normalized spacial score (nSPS) is 11.8. The number of nitrogens with zero attached hydrogens (tertiary/aromatic N) is 2. The third-order valence-electron chi connectivity index (χ3n) is 12.7. The maximum atomic E-state index is 13.3. The molecule has 14 heteroatoms. The molecule has 8 rings (SSSR count). The summed E-state index contributed by atoms with van der Waals surface area (Å²) < 4.78 is 15.3. The second kappa shape index (κ2) is 35.7. The van der Waals surface area contributed by atoms with Gasteiger partial charge in [-0.15, -0.1) is 0 Å². The summed E-state index contributed by atoms with van der Waals surface area (Å²) in [4.78, 5) is 45.3. The number of carboxylic acid groups (broad SMARTS) is 1. The number of hydrogen-bond acceptors (Lipinski definition) is 9. The van der Waals surface area contributed by atoms with E-state index >= 15 is 0 Å². The van der Waals surface area contributed by atoms with Crippen molar-refractivity contribution < 1.29 is 56.1 Å². The van der Waals surface area contributed by atoms with E-state index in [0.29, 0.717) is 11.4 Å². The fraction of sp³-hybridized carbons (Fsp3) is 0.243. The van der Waals surface area contributed by atoms with Crippen molar-refractivity contribution in [3.05, 3.63) is 230 Å². The Morgan fingerprint density at radius 2 is 0.726 bits per heavy atom. The minimum absolute atomic E-state index is 0. The number of methoxy groups -OCH3 is 2. The number of nitrogens with one attached hydrogen (secondary N) is 2. The molecular formula is C70H81AgN4O7P2+2. The van der Waals surface area contributed by atoms with Crippen molar-refractivity contribution in [3.8, 4) is 11.5 Å². The van der Waals surface area contributed by atoms with E-state index in [4.69, 9.17) is 34.1 Å². The Balaban J connectivity index is 0.000000312. The zero-order chi connectivity index (χ0) is 60.2. The molecule has 8 aromatic carbocycles. The topological polar surface area (TPSA) is 151 Å². The number of rotatable bonds is 18. The molecule has 0 heterocycles. The number of carboxylic acids is 1. The zero-order valence-corrected chi connectivity index (χ0v) is 53.5. The number of hydrogen-bond donors (Lipinski definition) is 2. The van der Waals surface area contributed by atoms with E-state index in [2.05, 4.69) is 168 Å². The van der Waals surface area contributed by atoms with Gasteiger partial charge in [-0.05, 0) is 153 Å². The number of anilines is 2. The number of ether oxygens (including phenoxy) is 3. The summed E-state index contributed by atoms with van der Waals surface area (Å²) in [5.74, 6) is 0.134. The molecule has 2 atom stereocenters. The fourth-order valence-electron chi connectivity index (χ4n) is 8.70. The molecule has 0 aliphatic heterocycles. The number of benzene rings is 8. The summed E-state index contributed by atoms with van der Waals surface area (Å²) >= 11 is 0. The molecule has 0 unspecified atom stereocenters. The Morgan fingerprint density at radius 1 is 0.464 bits per heavy atom. The minimum Gasteiger partial charge on any atom is -0.550 e. The van der Waals surface area contributed by atoms with Crippen LogP contribution in [-0.4, -0.2) is 69.7 Å². The van der Waals surface area contributed by atoms with Crippen LogP contribution in [0.25, 0.3) is 0 Å². The summed E-state index contributed by atoms with van der Waals surface area (Å²) in [5.41, 5.74) is 2.78. The molecule has 2 amide bonds. The predicted molar refractivity (Wildman–Crippen MR) is 351 cm³/mol. The third kappa shape index (κ3) is 22.3. The van der Waals surface area contributed by atoms with Crippen LogP contribution in [0.3, 0.4) is 0 Å². The van der Waals surface area contributed by atoms with Crippen molar-refractivity contribution in [2.75, 3.05) is 38.1 Å². The second-order valence-electron chi connectivity index (χ2n) is 21.2. The van der Waals surface area contributed by atoms with E-state index in [1.165, 1.54) is 31.8 Å². The van der Waals surface area contributed by atoms with Crippen LogP contribution in [0.2, 0.25) is 0 Å². The summed E-state index contributed by atoms with van der Waals surface area (Å²) in [7, 11) is 0.711. The SMILES string of the molecule is CC(=O)[O-].CCOCC.COc1ccc(NC(=O)[C@@H](N=Cc2ccccc2[PH+](c2ccccc2)c2ccccc2)C(C)(C)C)cc1.COc1ccc(NC(=O)[C@@H](N=Cc2ccccc2[PH+](c2ccccc2)c2ccccc2)C(C)(C)C)cc1.[Ag+]. The van der Waals surface area contributed by atoms with Crippen LogP contribution in [0.4, 0.5) is 11.4 Å². The molecule has 2 N–H and O–H groups in total. The van der Waals surface area contributed by atoms with Gasteiger partial charge >= 0.3 is 22.4 Å². The van der Waals surface area contributed by atoms with Crippen LogP contribution < -0.4 is 57.0 Å². The average molecular weight is 1260 g/mol. The molecule has 0 saturated carbocycles. The largest absolute Gasteiger partial charge is 1.00 e. The number of amides is 2. The van der Waals surface area contributed by atoms with E-state index in [9.17, 15) is 9.59 Å². The van der Waals surface area contributed by atoms with Crippen LogP contribution in [0, 0.1) is 10.8 Å². The molecule has 0 saturated heterocycles. The summed E-state index contributed by atoms with van der Waals surface area (Å²) in [6.07, 6.45) is 3.77. The van der Waals surface area contributed by atoms with Gasteiger partial charge in [0.15, 0.2) is 0 Å². The van der Waals surface area contributed by atoms with E-state index in [0.717, 1.165) is 42.8 Å². The molecule has 0 aromatic heterocycles. The van der Waals surface area contributed by atoms with Gasteiger partial charge in [-0.1, -0.05) is 139 Å². The Hall–Kier alpha value is -7.33. The molecule has 8 aromatic rings. The first-order valence-corrected chi connectivity index (χ1v) is 30.7. The molecule has 0 fully saturated rings. The molecule has 0 radical (unpaired) electrons. The molecule has 11 nitrogen and oxygen atoms in total. The number of aliphatic carboxylic acids is 1. The van der Waals surface area contributed by atoms with E-state index in [-0.39, 0.29) is 45.0 Å². The summed E-state index contributed by atoms with van der Waals surface area (Å²) in [6, 6.07) is 73.0. The Morgan fingerprint density at radius 3 is 0.964 bits per heavy atom. The zero-order valence-electron chi connectivity index (χ0n) is 50.1. The van der Waals surface area contributed by atoms with Gasteiger partial charge in [-0.25, -0.2) is 0 Å². The van der Waals surface area contributed by atoms with Gasteiger partial charge in [0.05, 0.1) is 30.1 Å². The first kappa shape index (κ1) is 69.2. The number of carbonyl (C=O) groups excluding carboxylic acids is 3. The van der Waals surface area contributed by atoms with Gasteiger partial charge in [0.1, 0.15) is 55.4 Å². The van der Waals surface area contributed by atoms with Gasteiger partial charge in [-0.3, -0.25) is 19.6 Å². The van der Waals surface area contributed by atoms with Crippen molar-refractivity contribution in [1.82, 2.24) is 0 Å². The van der Waals surface area contributed by atoms with E-state index in [1.807, 2.05) is 128 Å². The third-order valence-corrected chi connectivity index (χ3v) is 18.3. The molecular weight excluding hydrogens is 1180 g/mol. The summed E-state index contributed by atoms with van der Waals surface area (Å²) in [5, 5.41) is 22.7. The van der Waals surface area contributed by atoms with Crippen molar-refractivity contribution in [1.29, 1.82) is 0 Å². The Kier molecular flexibility index (Phi) is 29.4. The molecule has 84 heavy (non-hydrogen) atoms. The molecule has 0 bridgehead atoms. The quantitative estimate of drug-likeness (QED) is 0.0493. The standard InChI is InChI=1S/2C32H33N2O2P.C4H10O.C2H4O2.Ag/c2*1-32(2,3)30(31(35)34-25-19-21-26(36-4)22-20-25)33-23-24-13-11-12-18-29(24)37(27-14-7-5-8-15-27)28-16-9-6-10-17-28;1-3-5-4-2;1-2(3)4;/h2*5-23,30H,1-4H3,(H,34,35);3-4H2,1-2H3;1H3,(H,3,4);/q;;;;+1/p+1/t2*30-;;;/m11.../s1. The smallest absolute Gasteiger partial charge is 0.550 e. The average Bonchev–Trinajstić information content (AvgIpc) is 3.67. The molecule has 0 aliphatic carbocycles. The van der Waals surface area contributed by atoms with Crippen LogP contribution >= 0.6 is 15.8 Å². The van der Waals surface area contributed by atoms with E-state index in [1.54, 1.807) is 14.2 Å². The van der Waals surface area contributed by atoms with Gasteiger partial charge in [-0.2, -0.15) is 0 Å². The van der Waals surface area contributed by atoms with Crippen LogP contribution in [0.5, 0.6) is 11.5 Å². The Labute approximate surface area is 516 Å². The van der Waals surface area contributed by atoms with E-state index < -0.39 is 33.9 Å². The van der Waals surface area contributed by atoms with Crippen molar-refractivity contribution in [3.63, 3.8) is 0 Å². The van der Waals surface area contributed by atoms with Gasteiger partial charge in [0.25, 0.3) is 0 Å². The second-order valence-corrected chi connectivity index (χ2v) is 26.1. The van der Waals surface area contributed by atoms with Crippen LogP contribution in [0.1, 0.15) is 73.4 Å². The number of carbonyl (C=O) groups is 3. The first-order chi connectivity index (χ1) is 39.9. The number of aliphatic imine (C=N–C) groups is 2. The molecule has 0 spiro atoms. The maximum Gasteiger partial charge on any atom is 1.00 e. The maximum absolute atomic E-state index is 13.3. The minimum atomic E-state index is -1.27. The predicted octanol–water partition coefficient (Wildman–Crippen LogP) is 11.1. The van der Waals surface area contributed by atoms with Crippen LogP contribution in [-0.2, 0) is 41.5 Å². The van der Waals surface area contributed by atoms with Crippen LogP contribution in [0.15, 0.2) is 228 Å². The molecule has 442 valence electrons. The summed E-state index contributed by atoms with van der Waals surface area (Å²) in [6.45, 7) is 18.9. The molecule has 0 aliphatic rings. The Bertz CT molecular complexity index is 2970. The van der Waals surface area contributed by atoms with Crippen molar-refractivity contribution >= 4 is 89.3 Å².